The van der Waals surface area contributed by atoms with Crippen LogP contribution in [0.1, 0.15) is 23.8 Å². The predicted octanol–water partition coefficient (Wildman–Crippen LogP) is 3.58. The van der Waals surface area contributed by atoms with Crippen molar-refractivity contribution in [2.45, 2.75) is 27.6 Å². The highest BCUT2D eigenvalue weighted by atomic mass is 16.3. The molecule has 0 unspecified atom stereocenters. The van der Waals surface area contributed by atoms with Crippen molar-refractivity contribution in [3.8, 4) is 0 Å². The molecule has 1 aliphatic heterocycles. The van der Waals surface area contributed by atoms with Crippen LogP contribution in [0, 0.1) is 13.8 Å². The molecule has 4 heteroatoms. The largest absolute Gasteiger partial charge is 0.457 e. The minimum Gasteiger partial charge on any atom is -0.457 e. The number of allylic oxidation sites excluding steroid dienone is 1. The summed E-state index contributed by atoms with van der Waals surface area (Å²) in [5, 5.41) is 1.21. The van der Waals surface area contributed by atoms with Crippen LogP contribution in [0.4, 0.5) is 5.82 Å². The van der Waals surface area contributed by atoms with Crippen molar-refractivity contribution in [3.05, 3.63) is 59.1 Å². The predicted molar refractivity (Wildman–Crippen MR) is 101 cm³/mol. The number of anilines is 1. The topological polar surface area (TPSA) is 20.3 Å². The van der Waals surface area contributed by atoms with Gasteiger partial charge < -0.3 is 4.42 Å². The molecule has 3 heterocycles. The van der Waals surface area contributed by atoms with Crippen LogP contribution in [-0.2, 0) is 7.05 Å². The number of fused-ring (bicyclic) bond motifs is 3. The Morgan fingerprint density at radius 1 is 1.08 bits per heavy atom. The van der Waals surface area contributed by atoms with Crippen LogP contribution < -0.4 is 14.8 Å². The zero-order valence-corrected chi connectivity index (χ0v) is 14.9. The number of hydrogen-bond donors (Lipinski definition) is 0. The normalized spacial score (nSPS) is 14.1. The van der Waals surface area contributed by atoms with Gasteiger partial charge in [0, 0.05) is 23.0 Å². The second-order valence-electron chi connectivity index (χ2n) is 6.82. The summed E-state index contributed by atoms with van der Waals surface area (Å²) in [5.74, 6) is 2.19. The van der Waals surface area contributed by atoms with Crippen molar-refractivity contribution in [1.82, 2.24) is 0 Å². The summed E-state index contributed by atoms with van der Waals surface area (Å²) in [6.45, 7) is 8.96. The molecule has 1 aliphatic rings. The second-order valence-corrected chi connectivity index (χ2v) is 6.82. The zero-order chi connectivity index (χ0) is 17.0. The summed E-state index contributed by atoms with van der Waals surface area (Å²) in [5.41, 5.74) is 6.06. The highest BCUT2D eigenvalue weighted by Gasteiger charge is 2.40. The van der Waals surface area contributed by atoms with Gasteiger partial charge in [-0.1, -0.05) is 18.2 Å². The van der Waals surface area contributed by atoms with E-state index in [0.29, 0.717) is 0 Å². The van der Waals surface area contributed by atoms with Gasteiger partial charge in [-0.2, -0.15) is 0 Å². The average molecular weight is 317 g/mol. The average Bonchev–Trinajstić information content (AvgIpc) is 2.90. The maximum Gasteiger partial charge on any atom is 0.413 e. The molecule has 0 fully saturated rings. The summed E-state index contributed by atoms with van der Waals surface area (Å²) >= 11 is 0. The van der Waals surface area contributed by atoms with Crippen LogP contribution in [0.5, 0.6) is 0 Å². The van der Waals surface area contributed by atoms with E-state index in [4.69, 9.17) is 4.42 Å². The van der Waals surface area contributed by atoms with E-state index in [1.165, 1.54) is 33.5 Å². The van der Waals surface area contributed by atoms with E-state index in [1.54, 1.807) is 0 Å². The zero-order valence-electron chi connectivity index (χ0n) is 14.9. The lowest BCUT2D eigenvalue weighted by Gasteiger charge is -2.27. The van der Waals surface area contributed by atoms with Crippen LogP contribution in [0.15, 0.2) is 46.6 Å². The highest BCUT2D eigenvalue weighted by Crippen LogP contribution is 2.29. The van der Waals surface area contributed by atoms with E-state index in [9.17, 15) is 0 Å². The van der Waals surface area contributed by atoms with Crippen LogP contribution in [0.2, 0.25) is 6.82 Å². The molecular weight excluding hydrogens is 295 g/mol. The number of aryl methyl sites for hydroxylation is 3. The first-order chi connectivity index (χ1) is 11.5. The molecule has 0 saturated heterocycles. The first-order valence-corrected chi connectivity index (χ1v) is 8.43. The fraction of sp³-hybridized carbons (Fsp3) is 0.250. The fourth-order valence-electron chi connectivity index (χ4n) is 3.80. The van der Waals surface area contributed by atoms with E-state index in [2.05, 4.69) is 74.5 Å². The Kier molecular flexibility index (Phi) is 3.31. The molecule has 0 radical (unpaired) electrons. The molecule has 24 heavy (non-hydrogen) atoms. The van der Waals surface area contributed by atoms with Gasteiger partial charge >= 0.3 is 6.85 Å². The van der Waals surface area contributed by atoms with Gasteiger partial charge in [0.25, 0.3) is 5.82 Å². The Morgan fingerprint density at radius 2 is 1.83 bits per heavy atom. The van der Waals surface area contributed by atoms with E-state index in [-0.39, 0.29) is 6.85 Å². The molecule has 1 aromatic carbocycles. The third-order valence-electron chi connectivity index (χ3n) is 5.15. The molecule has 2 aromatic heterocycles. The van der Waals surface area contributed by atoms with Gasteiger partial charge in [0.15, 0.2) is 0 Å². The molecule has 0 aliphatic carbocycles. The van der Waals surface area contributed by atoms with Gasteiger partial charge in [-0.15, -0.1) is 0 Å². The Balaban J connectivity index is 1.92. The minimum atomic E-state index is 0.224. The molecule has 0 bridgehead atoms. The van der Waals surface area contributed by atoms with Crippen molar-refractivity contribution in [2.24, 2.45) is 7.05 Å². The maximum atomic E-state index is 6.08. The molecule has 0 amide bonds. The number of aromatic nitrogens is 1. The molecule has 120 valence electrons. The molecule has 0 N–H and O–H groups in total. The number of rotatable bonds is 1. The number of benzene rings is 1. The Labute approximate surface area is 143 Å². The Bertz CT molecular complexity index is 987. The molecule has 4 rings (SSSR count). The van der Waals surface area contributed by atoms with E-state index in [0.717, 1.165) is 11.3 Å². The minimum absolute atomic E-state index is 0.224. The quantitative estimate of drug-likeness (QED) is 0.505. The lowest BCUT2D eigenvalue weighted by atomic mass is 9.53. The van der Waals surface area contributed by atoms with Gasteiger partial charge in [0.05, 0.1) is 18.9 Å². The van der Waals surface area contributed by atoms with E-state index in [1.807, 2.05) is 12.1 Å². The number of pyridine rings is 1. The summed E-state index contributed by atoms with van der Waals surface area (Å²) < 4.78 is 8.29. The van der Waals surface area contributed by atoms with Crippen LogP contribution in [-0.4, -0.2) is 6.85 Å². The van der Waals surface area contributed by atoms with Gasteiger partial charge in [0.1, 0.15) is 11.3 Å². The van der Waals surface area contributed by atoms with Crippen LogP contribution >= 0.6 is 0 Å². The molecule has 0 saturated carbocycles. The van der Waals surface area contributed by atoms with Crippen molar-refractivity contribution >= 4 is 35.2 Å². The van der Waals surface area contributed by atoms with Gasteiger partial charge in [0.2, 0.25) is 0 Å². The van der Waals surface area contributed by atoms with Crippen molar-refractivity contribution < 1.29 is 8.98 Å². The van der Waals surface area contributed by atoms with Crippen LogP contribution in [0.25, 0.3) is 17.0 Å². The lowest BCUT2D eigenvalue weighted by molar-refractivity contribution is -0.658. The molecule has 0 spiro atoms. The second kappa shape index (κ2) is 5.27. The lowest BCUT2D eigenvalue weighted by Crippen LogP contribution is -2.52. The standard InChI is InChI=1S/C20H22BN2O/c1-13-10-19(22(5)12-14(13)2)23-15(3)11-18-20(21(23)4)16-8-6-7-9-17(16)24-18/h6-12H,1-5H3/q+1. The summed E-state index contributed by atoms with van der Waals surface area (Å²) in [4.78, 5) is 2.40. The first-order valence-electron chi connectivity index (χ1n) is 8.43. The van der Waals surface area contributed by atoms with E-state index < -0.39 is 0 Å². The SMILES string of the molecule is CB1c2c(oc3ccccc23)C=C(C)N1c1cc(C)c(C)c[n+]1C. The molecular formula is C20H22BN2O+. The summed E-state index contributed by atoms with van der Waals surface area (Å²) in [7, 11) is 2.12. The smallest absolute Gasteiger partial charge is 0.413 e. The van der Waals surface area contributed by atoms with Gasteiger partial charge in [-0.25, -0.2) is 4.57 Å². The van der Waals surface area contributed by atoms with Crippen molar-refractivity contribution in [1.29, 1.82) is 0 Å². The summed E-state index contributed by atoms with van der Waals surface area (Å²) in [6, 6.07) is 10.6. The number of hydrogen-bond acceptors (Lipinski definition) is 2. The van der Waals surface area contributed by atoms with Crippen LogP contribution in [0.3, 0.4) is 0 Å². The number of nitrogens with zero attached hydrogens (tertiary/aromatic N) is 2. The van der Waals surface area contributed by atoms with Crippen molar-refractivity contribution in [3.63, 3.8) is 0 Å². The van der Waals surface area contributed by atoms with Gasteiger partial charge in [-0.3, -0.25) is 4.81 Å². The third kappa shape index (κ3) is 2.09. The Morgan fingerprint density at radius 3 is 2.62 bits per heavy atom. The van der Waals surface area contributed by atoms with E-state index >= 15 is 0 Å². The molecule has 3 aromatic rings. The van der Waals surface area contributed by atoms with Crippen molar-refractivity contribution in [2.75, 3.05) is 4.81 Å². The first kappa shape index (κ1) is 15.1. The van der Waals surface area contributed by atoms with Gasteiger partial charge in [-0.05, 0) is 44.8 Å². The summed E-state index contributed by atoms with van der Waals surface area (Å²) in [6.07, 6.45) is 4.36. The third-order valence-corrected chi connectivity index (χ3v) is 5.15. The number of para-hydroxylation sites is 1. The fourth-order valence-corrected chi connectivity index (χ4v) is 3.80. The Hall–Kier alpha value is -2.49. The monoisotopic (exact) mass is 317 g/mol. The molecule has 0 atom stereocenters. The highest BCUT2D eigenvalue weighted by molar-refractivity contribution is 6.79. The maximum absolute atomic E-state index is 6.08. The number of furan rings is 1. The molecule has 3 nitrogen and oxygen atoms in total.